The molecule has 0 aromatic heterocycles. The van der Waals surface area contributed by atoms with Crippen molar-refractivity contribution in [2.45, 2.75) is 12.6 Å². The zero-order chi connectivity index (χ0) is 23.7. The lowest BCUT2D eigenvalue weighted by atomic mass is 10.2. The summed E-state index contributed by atoms with van der Waals surface area (Å²) in [6, 6.07) is 7.42. The fourth-order valence-electron chi connectivity index (χ4n) is 2.41. The molecular formula is C21H17F3IN3O4. The molecular weight excluding hydrogens is 542 g/mol. The van der Waals surface area contributed by atoms with Gasteiger partial charge in [-0.05, 0) is 58.5 Å². The van der Waals surface area contributed by atoms with Gasteiger partial charge in [0.2, 0.25) is 11.8 Å². The predicted octanol–water partition coefficient (Wildman–Crippen LogP) is 3.81. The van der Waals surface area contributed by atoms with E-state index in [9.17, 15) is 22.8 Å². The lowest BCUT2D eigenvalue weighted by Gasteiger charge is -2.11. The predicted molar refractivity (Wildman–Crippen MR) is 120 cm³/mol. The Morgan fingerprint density at radius 3 is 2.66 bits per heavy atom. The topological polar surface area (TPSA) is 89.0 Å². The van der Waals surface area contributed by atoms with E-state index >= 15 is 0 Å². The van der Waals surface area contributed by atoms with E-state index in [2.05, 4.69) is 21.8 Å². The van der Waals surface area contributed by atoms with E-state index in [-0.39, 0.29) is 12.3 Å². The SMILES string of the molecule is C#CCOc1c(I)cc(C=NNC(=O)CC(=O)Nc2cccc(C(F)(F)F)c2)cc1OC. The number of rotatable bonds is 8. The van der Waals surface area contributed by atoms with E-state index in [1.165, 1.54) is 19.4 Å². The molecule has 7 nitrogen and oxygen atoms in total. The average Bonchev–Trinajstić information content (AvgIpc) is 2.72. The summed E-state index contributed by atoms with van der Waals surface area (Å²) in [5, 5.41) is 6.01. The molecule has 0 bridgehead atoms. The Bertz CT molecular complexity index is 1070. The Labute approximate surface area is 195 Å². The van der Waals surface area contributed by atoms with E-state index in [4.69, 9.17) is 15.9 Å². The van der Waals surface area contributed by atoms with Gasteiger partial charge in [-0.15, -0.1) is 6.42 Å². The Hall–Kier alpha value is -3.27. The minimum absolute atomic E-state index is 0.0679. The van der Waals surface area contributed by atoms with Crippen molar-refractivity contribution < 1.29 is 32.2 Å². The van der Waals surface area contributed by atoms with Crippen molar-refractivity contribution in [3.63, 3.8) is 0 Å². The molecule has 11 heteroatoms. The average molecular weight is 559 g/mol. The summed E-state index contributed by atoms with van der Waals surface area (Å²) >= 11 is 2.03. The molecule has 32 heavy (non-hydrogen) atoms. The van der Waals surface area contributed by atoms with Gasteiger partial charge in [-0.2, -0.15) is 18.3 Å². The summed E-state index contributed by atoms with van der Waals surface area (Å²) in [7, 11) is 1.46. The molecule has 0 saturated heterocycles. The molecule has 0 aliphatic carbocycles. The fraction of sp³-hybridized carbons (Fsp3) is 0.190. The molecule has 2 aromatic carbocycles. The molecule has 168 valence electrons. The number of carbonyl (C=O) groups is 2. The van der Waals surface area contributed by atoms with Crippen LogP contribution in [0, 0.1) is 15.9 Å². The number of hydrogen-bond acceptors (Lipinski definition) is 5. The van der Waals surface area contributed by atoms with Gasteiger partial charge in [0.1, 0.15) is 13.0 Å². The van der Waals surface area contributed by atoms with Crippen LogP contribution in [0.4, 0.5) is 18.9 Å². The first-order valence-corrected chi connectivity index (χ1v) is 9.94. The number of ether oxygens (including phenoxy) is 2. The highest BCUT2D eigenvalue weighted by molar-refractivity contribution is 14.1. The van der Waals surface area contributed by atoms with Crippen LogP contribution in [0.25, 0.3) is 0 Å². The third-order valence-corrected chi connectivity index (χ3v) is 4.55. The number of hydrogen-bond donors (Lipinski definition) is 2. The standard InChI is InChI=1S/C21H17F3IN3O4/c1-3-7-32-20-16(25)8-13(9-17(20)31-2)12-26-28-19(30)11-18(29)27-15-6-4-5-14(10-15)21(22,23)24/h1,4-6,8-10,12H,7,11H2,2H3,(H,27,29)(H,28,30). The highest BCUT2D eigenvalue weighted by Gasteiger charge is 2.30. The molecule has 2 N–H and O–H groups in total. The van der Waals surface area contributed by atoms with Gasteiger partial charge in [0.05, 0.1) is 22.5 Å². The zero-order valence-corrected chi connectivity index (χ0v) is 18.8. The van der Waals surface area contributed by atoms with Crippen LogP contribution in [0.1, 0.15) is 17.5 Å². The van der Waals surface area contributed by atoms with Crippen molar-refractivity contribution in [2.75, 3.05) is 19.0 Å². The van der Waals surface area contributed by atoms with E-state index in [1.54, 1.807) is 12.1 Å². The Morgan fingerprint density at radius 1 is 1.25 bits per heavy atom. The Morgan fingerprint density at radius 2 is 2.00 bits per heavy atom. The molecule has 0 heterocycles. The number of halogens is 4. The maximum Gasteiger partial charge on any atom is 0.416 e. The van der Waals surface area contributed by atoms with Crippen LogP contribution < -0.4 is 20.2 Å². The largest absolute Gasteiger partial charge is 0.493 e. The van der Waals surface area contributed by atoms with Crippen molar-refractivity contribution in [1.29, 1.82) is 0 Å². The van der Waals surface area contributed by atoms with Gasteiger partial charge >= 0.3 is 6.18 Å². The number of amides is 2. The summed E-state index contributed by atoms with van der Waals surface area (Å²) in [5.41, 5.74) is 1.77. The van der Waals surface area contributed by atoms with Crippen molar-refractivity contribution in [1.82, 2.24) is 5.43 Å². The van der Waals surface area contributed by atoms with E-state index < -0.39 is 30.0 Å². The molecule has 0 radical (unpaired) electrons. The molecule has 2 rings (SSSR count). The zero-order valence-electron chi connectivity index (χ0n) is 16.6. The van der Waals surface area contributed by atoms with Gasteiger partial charge in [-0.3, -0.25) is 9.59 Å². The van der Waals surface area contributed by atoms with Crippen LogP contribution in [0.2, 0.25) is 0 Å². The first-order valence-electron chi connectivity index (χ1n) is 8.87. The second-order valence-corrected chi connectivity index (χ2v) is 7.29. The van der Waals surface area contributed by atoms with Crippen LogP contribution in [0.15, 0.2) is 41.5 Å². The summed E-state index contributed by atoms with van der Waals surface area (Å²) in [4.78, 5) is 23.8. The highest BCUT2D eigenvalue weighted by atomic mass is 127. The molecule has 0 atom stereocenters. The molecule has 0 unspecified atom stereocenters. The summed E-state index contributed by atoms with van der Waals surface area (Å²) < 4.78 is 49.6. The molecule has 0 aliphatic rings. The monoisotopic (exact) mass is 559 g/mol. The second-order valence-electron chi connectivity index (χ2n) is 6.12. The van der Waals surface area contributed by atoms with Crippen LogP contribution in [0.5, 0.6) is 11.5 Å². The number of carbonyl (C=O) groups excluding carboxylic acids is 2. The molecule has 0 fully saturated rings. The van der Waals surface area contributed by atoms with Crippen LogP contribution in [-0.4, -0.2) is 31.7 Å². The number of anilines is 1. The number of hydrazone groups is 1. The molecule has 2 amide bonds. The maximum absolute atomic E-state index is 12.7. The van der Waals surface area contributed by atoms with Gasteiger partial charge in [-0.1, -0.05) is 12.0 Å². The number of alkyl halides is 3. The Kier molecular flexibility index (Phi) is 8.89. The molecule has 0 saturated carbocycles. The lowest BCUT2D eigenvalue weighted by Crippen LogP contribution is -2.24. The quantitative estimate of drug-likeness (QED) is 0.169. The van der Waals surface area contributed by atoms with Gasteiger partial charge in [0, 0.05) is 5.69 Å². The summed E-state index contributed by atoms with van der Waals surface area (Å²) in [6.07, 6.45) is 1.35. The van der Waals surface area contributed by atoms with E-state index in [0.29, 0.717) is 20.6 Å². The Balaban J connectivity index is 1.94. The highest BCUT2D eigenvalue weighted by Crippen LogP contribution is 2.33. The number of methoxy groups -OCH3 is 1. The number of nitrogens with one attached hydrogen (secondary N) is 2. The second kappa shape index (κ2) is 11.4. The van der Waals surface area contributed by atoms with Crippen LogP contribution in [-0.2, 0) is 15.8 Å². The van der Waals surface area contributed by atoms with Crippen molar-refractivity contribution in [2.24, 2.45) is 5.10 Å². The number of benzene rings is 2. The first kappa shape index (κ1) is 25.0. The van der Waals surface area contributed by atoms with Gasteiger partial charge in [0.15, 0.2) is 11.5 Å². The van der Waals surface area contributed by atoms with Crippen LogP contribution in [0.3, 0.4) is 0 Å². The minimum Gasteiger partial charge on any atom is -0.493 e. The number of terminal acetylenes is 1. The van der Waals surface area contributed by atoms with Gasteiger partial charge in [-0.25, -0.2) is 5.43 Å². The van der Waals surface area contributed by atoms with Crippen molar-refractivity contribution >= 4 is 46.3 Å². The van der Waals surface area contributed by atoms with E-state index in [1.807, 2.05) is 22.6 Å². The molecule has 0 aliphatic heterocycles. The summed E-state index contributed by atoms with van der Waals surface area (Å²) in [5.74, 6) is 1.71. The summed E-state index contributed by atoms with van der Waals surface area (Å²) in [6.45, 7) is 0.0679. The van der Waals surface area contributed by atoms with Crippen molar-refractivity contribution in [3.05, 3.63) is 51.1 Å². The normalized spacial score (nSPS) is 11.0. The minimum atomic E-state index is -4.54. The lowest BCUT2D eigenvalue weighted by molar-refractivity contribution is -0.137. The third-order valence-electron chi connectivity index (χ3n) is 3.75. The molecule has 0 spiro atoms. The van der Waals surface area contributed by atoms with Crippen molar-refractivity contribution in [3.8, 4) is 23.8 Å². The smallest absolute Gasteiger partial charge is 0.416 e. The van der Waals surface area contributed by atoms with E-state index in [0.717, 1.165) is 18.2 Å². The maximum atomic E-state index is 12.7. The third kappa shape index (κ3) is 7.45. The fourth-order valence-corrected chi connectivity index (χ4v) is 3.19. The molecule has 2 aromatic rings. The first-order chi connectivity index (χ1) is 15.1. The van der Waals surface area contributed by atoms with Gasteiger partial charge in [0.25, 0.3) is 0 Å². The van der Waals surface area contributed by atoms with Gasteiger partial charge < -0.3 is 14.8 Å². The number of nitrogens with zero attached hydrogens (tertiary/aromatic N) is 1. The van der Waals surface area contributed by atoms with Crippen LogP contribution >= 0.6 is 22.6 Å².